The Morgan fingerprint density at radius 1 is 0.891 bits per heavy atom. The molecule has 0 saturated carbocycles. The third-order valence-electron chi connectivity index (χ3n) is 11.0. The van der Waals surface area contributed by atoms with Crippen molar-refractivity contribution in [3.8, 4) is 11.5 Å². The van der Waals surface area contributed by atoms with Gasteiger partial charge in [0.2, 0.25) is 11.8 Å². The van der Waals surface area contributed by atoms with E-state index in [-0.39, 0.29) is 36.4 Å². The summed E-state index contributed by atoms with van der Waals surface area (Å²) in [7, 11) is 3.11. The van der Waals surface area contributed by atoms with Crippen LogP contribution in [0.5, 0.6) is 11.5 Å². The van der Waals surface area contributed by atoms with Crippen molar-refractivity contribution in [2.75, 3.05) is 57.2 Å². The highest BCUT2D eigenvalue weighted by Gasteiger charge is 2.30. The van der Waals surface area contributed by atoms with Gasteiger partial charge in [0.15, 0.2) is 5.65 Å². The quantitative estimate of drug-likeness (QED) is 0.178. The number of rotatable bonds is 10. The molecule has 3 saturated heterocycles. The number of benzene rings is 2. The lowest BCUT2D eigenvalue weighted by Crippen LogP contribution is -2.52. The zero-order valence-corrected chi connectivity index (χ0v) is 30.9. The molecule has 4 amide bonds. The van der Waals surface area contributed by atoms with Crippen molar-refractivity contribution in [1.82, 2.24) is 39.9 Å². The molecule has 0 aliphatic carbocycles. The van der Waals surface area contributed by atoms with Crippen LogP contribution in [0.1, 0.15) is 65.4 Å². The molecule has 16 nitrogen and oxygen atoms in total. The number of nitrogens with one attached hydrogen (secondary N) is 3. The molecule has 1 atom stereocenters. The molecule has 3 aliphatic heterocycles. The summed E-state index contributed by atoms with van der Waals surface area (Å²) in [6.07, 6.45) is 9.99. The molecule has 5 aromatic rings. The van der Waals surface area contributed by atoms with Gasteiger partial charge in [0.05, 0.1) is 37.0 Å². The fraction of sp³-hybridized carbons (Fsp3) is 0.410. The van der Waals surface area contributed by atoms with Gasteiger partial charge in [-0.1, -0.05) is 0 Å². The highest BCUT2D eigenvalue weighted by atomic mass is 16.5. The minimum absolute atomic E-state index is 0.192. The molecule has 8 rings (SSSR count). The molecule has 3 N–H and O–H groups in total. The highest BCUT2D eigenvalue weighted by molar-refractivity contribution is 6.05. The lowest BCUT2D eigenvalue weighted by atomic mass is 9.94. The molecule has 16 heteroatoms. The molecular formula is C39H44N10O6. The maximum Gasteiger partial charge on any atom is 0.276 e. The van der Waals surface area contributed by atoms with E-state index in [0.29, 0.717) is 34.3 Å². The van der Waals surface area contributed by atoms with Crippen molar-refractivity contribution in [3.63, 3.8) is 0 Å². The summed E-state index contributed by atoms with van der Waals surface area (Å²) in [5, 5.41) is 18.1. The number of methoxy groups -OCH3 is 2. The fourth-order valence-electron chi connectivity index (χ4n) is 7.88. The molecule has 1 unspecified atom stereocenters. The standard InChI is InChI=1S/C39H44N10O6/c1-54-33-20-27(3-4-28(33)37(51)41-29-6-8-36(50)43-38(29)52)47-16-9-24(10-17-47)22-46-14-11-26(12-15-46)49-23-25-19-32(34(55-2)21-31(25)45-49)42-39(53)30-5-7-35-40-13-18-48(35)44-30/h3-5,7,13,18-21,23-24,26,29H,6,8-12,14-17,22H2,1-2H3,(H,41,51)(H,42,53)(H,43,50,52). The number of hydrogen-bond donors (Lipinski definition) is 3. The molecule has 3 fully saturated rings. The van der Waals surface area contributed by atoms with Gasteiger partial charge >= 0.3 is 0 Å². The first kappa shape index (κ1) is 36.0. The molecule has 286 valence electrons. The second-order valence-electron chi connectivity index (χ2n) is 14.4. The average Bonchev–Trinajstić information content (AvgIpc) is 3.85. The summed E-state index contributed by atoms with van der Waals surface area (Å²) in [4.78, 5) is 58.8. The number of imidazole rings is 1. The Morgan fingerprint density at radius 3 is 2.45 bits per heavy atom. The summed E-state index contributed by atoms with van der Waals surface area (Å²) in [5.74, 6) is 0.00667. The second kappa shape index (κ2) is 15.4. The second-order valence-corrected chi connectivity index (χ2v) is 14.4. The van der Waals surface area contributed by atoms with E-state index < -0.39 is 17.9 Å². The Labute approximate surface area is 317 Å². The maximum absolute atomic E-state index is 13.1. The Bertz CT molecular complexity index is 2250. The number of hydrogen-bond acceptors (Lipinski definition) is 11. The van der Waals surface area contributed by atoms with Crippen LogP contribution >= 0.6 is 0 Å². The van der Waals surface area contributed by atoms with Crippen molar-refractivity contribution in [3.05, 3.63) is 72.3 Å². The Balaban J connectivity index is 0.827. The van der Waals surface area contributed by atoms with Crippen LogP contribution in [0.2, 0.25) is 0 Å². The predicted molar refractivity (Wildman–Crippen MR) is 204 cm³/mol. The van der Waals surface area contributed by atoms with Crippen LogP contribution in [-0.4, -0.2) is 106 Å². The van der Waals surface area contributed by atoms with Crippen LogP contribution in [0, 0.1) is 5.92 Å². The van der Waals surface area contributed by atoms with Gasteiger partial charge in [-0.05, 0) is 68.4 Å². The van der Waals surface area contributed by atoms with Crippen LogP contribution in [0.4, 0.5) is 11.4 Å². The topological polar surface area (TPSA) is 177 Å². The van der Waals surface area contributed by atoms with Gasteiger partial charge in [-0.25, -0.2) is 9.50 Å². The van der Waals surface area contributed by atoms with Crippen molar-refractivity contribution in [1.29, 1.82) is 0 Å². The number of nitrogens with zero attached hydrogens (tertiary/aromatic N) is 7. The van der Waals surface area contributed by atoms with E-state index in [2.05, 4.69) is 46.7 Å². The van der Waals surface area contributed by atoms with Crippen molar-refractivity contribution >= 4 is 51.6 Å². The molecule has 3 aliphatic rings. The number of likely N-dealkylation sites (tertiary alicyclic amines) is 1. The van der Waals surface area contributed by atoms with Crippen LogP contribution in [0.3, 0.4) is 0 Å². The van der Waals surface area contributed by atoms with Gasteiger partial charge < -0.3 is 29.9 Å². The highest BCUT2D eigenvalue weighted by Crippen LogP contribution is 2.33. The van der Waals surface area contributed by atoms with E-state index in [1.54, 1.807) is 42.2 Å². The van der Waals surface area contributed by atoms with E-state index in [4.69, 9.17) is 14.6 Å². The number of carbonyl (C=O) groups is 4. The molecule has 55 heavy (non-hydrogen) atoms. The number of imide groups is 1. The summed E-state index contributed by atoms with van der Waals surface area (Å²) in [6, 6.07) is 12.2. The average molecular weight is 749 g/mol. The summed E-state index contributed by atoms with van der Waals surface area (Å²) in [5.41, 5.74) is 3.64. The third-order valence-corrected chi connectivity index (χ3v) is 11.0. The van der Waals surface area contributed by atoms with E-state index in [1.807, 2.05) is 24.3 Å². The van der Waals surface area contributed by atoms with Gasteiger partial charge in [0.1, 0.15) is 23.2 Å². The van der Waals surface area contributed by atoms with Crippen LogP contribution in [0.15, 0.2) is 61.1 Å². The lowest BCUT2D eigenvalue weighted by molar-refractivity contribution is -0.134. The van der Waals surface area contributed by atoms with Crippen molar-refractivity contribution in [2.24, 2.45) is 5.92 Å². The first-order chi connectivity index (χ1) is 26.7. The zero-order valence-electron chi connectivity index (χ0n) is 30.9. The number of aromatic nitrogens is 5. The first-order valence-corrected chi connectivity index (χ1v) is 18.7. The van der Waals surface area contributed by atoms with Gasteiger partial charge in [0, 0.05) is 80.9 Å². The number of anilines is 2. The summed E-state index contributed by atoms with van der Waals surface area (Å²) >= 11 is 0. The molecule has 0 radical (unpaired) electrons. The molecule has 6 heterocycles. The Morgan fingerprint density at radius 2 is 1.69 bits per heavy atom. The summed E-state index contributed by atoms with van der Waals surface area (Å²) in [6.45, 7) is 4.88. The van der Waals surface area contributed by atoms with Gasteiger partial charge in [0.25, 0.3) is 11.8 Å². The smallest absolute Gasteiger partial charge is 0.276 e. The van der Waals surface area contributed by atoms with E-state index in [9.17, 15) is 19.2 Å². The number of fused-ring (bicyclic) bond motifs is 2. The SMILES string of the molecule is COc1cc2nn(C3CCN(CC4CCN(c5ccc(C(=O)NC6CCC(=O)NC6=O)c(OC)c5)CC4)CC3)cc2cc1NC(=O)c1ccc2nccn2n1. The Kier molecular flexibility index (Phi) is 10.1. The van der Waals surface area contributed by atoms with Crippen LogP contribution in [-0.2, 0) is 9.59 Å². The normalized spacial score (nSPS) is 18.7. The Hall–Kier alpha value is -6.03. The first-order valence-electron chi connectivity index (χ1n) is 18.7. The lowest BCUT2D eigenvalue weighted by Gasteiger charge is -2.38. The maximum atomic E-state index is 13.1. The van der Waals surface area contributed by atoms with Gasteiger partial charge in [-0.2, -0.15) is 10.2 Å². The van der Waals surface area contributed by atoms with Crippen LogP contribution in [0.25, 0.3) is 16.6 Å². The zero-order chi connectivity index (χ0) is 38.1. The van der Waals surface area contributed by atoms with Crippen molar-refractivity contribution in [2.45, 2.75) is 50.6 Å². The number of amides is 4. The molecule has 2 aromatic carbocycles. The predicted octanol–water partition coefficient (Wildman–Crippen LogP) is 3.44. The van der Waals surface area contributed by atoms with E-state index in [0.717, 1.165) is 75.0 Å². The minimum atomic E-state index is -0.750. The monoisotopic (exact) mass is 748 g/mol. The molecule has 0 spiro atoms. The van der Waals surface area contributed by atoms with Gasteiger partial charge in [-0.15, -0.1) is 0 Å². The fourth-order valence-corrected chi connectivity index (χ4v) is 7.88. The number of carbonyl (C=O) groups excluding carboxylic acids is 4. The molecular weight excluding hydrogens is 704 g/mol. The van der Waals surface area contributed by atoms with Gasteiger partial charge in [-0.3, -0.25) is 29.2 Å². The van der Waals surface area contributed by atoms with Crippen molar-refractivity contribution < 1.29 is 28.7 Å². The number of piperidine rings is 3. The minimum Gasteiger partial charge on any atom is -0.496 e. The molecule has 0 bridgehead atoms. The largest absolute Gasteiger partial charge is 0.496 e. The summed E-state index contributed by atoms with van der Waals surface area (Å²) < 4.78 is 14.8. The van der Waals surface area contributed by atoms with E-state index in [1.165, 1.54) is 7.11 Å². The molecule has 3 aromatic heterocycles. The number of ether oxygens (including phenoxy) is 2. The van der Waals surface area contributed by atoms with Crippen LogP contribution < -0.4 is 30.3 Å². The third kappa shape index (κ3) is 7.67. The van der Waals surface area contributed by atoms with E-state index >= 15 is 0 Å².